The number of allylic oxidation sites excluding steroid dienone is 1. The van der Waals surface area contributed by atoms with Gasteiger partial charge in [0.15, 0.2) is 17.3 Å². The van der Waals surface area contributed by atoms with E-state index in [2.05, 4.69) is 24.5 Å². The van der Waals surface area contributed by atoms with Crippen LogP contribution in [-0.2, 0) is 26.0 Å². The molecule has 1 unspecified atom stereocenters. The summed E-state index contributed by atoms with van der Waals surface area (Å²) in [6, 6.07) is 16.8. The van der Waals surface area contributed by atoms with Gasteiger partial charge in [0.2, 0.25) is 15.9 Å². The van der Waals surface area contributed by atoms with Gasteiger partial charge in [0.1, 0.15) is 5.75 Å². The minimum atomic E-state index is -3.79. The van der Waals surface area contributed by atoms with E-state index in [4.69, 9.17) is 19.3 Å². The van der Waals surface area contributed by atoms with Crippen molar-refractivity contribution in [2.24, 2.45) is 10.6 Å². The lowest BCUT2D eigenvalue weighted by molar-refractivity contribution is -0.120. The van der Waals surface area contributed by atoms with Crippen molar-refractivity contribution in [3.8, 4) is 17.2 Å². The molecule has 1 aliphatic carbocycles. The van der Waals surface area contributed by atoms with Gasteiger partial charge in [-0.3, -0.25) is 9.59 Å². The van der Waals surface area contributed by atoms with E-state index in [0.717, 1.165) is 22.6 Å². The van der Waals surface area contributed by atoms with Crippen LogP contribution in [0.3, 0.4) is 0 Å². The van der Waals surface area contributed by atoms with Gasteiger partial charge in [-0.05, 0) is 54.2 Å². The fourth-order valence-electron chi connectivity index (χ4n) is 6.22. The highest BCUT2D eigenvalue weighted by Crippen LogP contribution is 2.51. The number of ketones is 1. The topological polar surface area (TPSA) is 149 Å². The first kappa shape index (κ1) is 32.8. The molecule has 1 amide bonds. The number of hydrogen-bond donors (Lipinski definition) is 3. The molecule has 244 valence electrons. The summed E-state index contributed by atoms with van der Waals surface area (Å²) in [5.41, 5.74) is 4.15. The number of anilines is 2. The quantitative estimate of drug-likeness (QED) is 0.292. The van der Waals surface area contributed by atoms with Crippen molar-refractivity contribution >= 4 is 33.1 Å². The number of rotatable bonds is 10. The summed E-state index contributed by atoms with van der Waals surface area (Å²) in [5.74, 6) is 1.16. The Kier molecular flexibility index (Phi) is 9.32. The number of amides is 1. The van der Waals surface area contributed by atoms with Crippen LogP contribution in [0.4, 0.5) is 11.4 Å². The standard InChI is InChI=1S/C34H40N4O7S/c1-34(2)18-25-32(27(39)19-34)33(23-16-29(44-4)30(45-5)17-28(23)43-3)38(26-9-7-6-8-24(26)37-25)20-31(40)36-15-14-21-10-12-22(13-11-21)46(35,41)42/h6-13,16-17,33,37H,14-15,18-20H2,1-5H3,(H,36,40)(H2,35,41,42). The predicted octanol–water partition coefficient (Wildman–Crippen LogP) is 4.34. The van der Waals surface area contributed by atoms with Crippen LogP contribution in [0.1, 0.15) is 43.9 Å². The maximum Gasteiger partial charge on any atom is 0.239 e. The van der Waals surface area contributed by atoms with Gasteiger partial charge in [-0.1, -0.05) is 38.1 Å². The lowest BCUT2D eigenvalue weighted by atomic mass is 9.73. The third-order valence-corrected chi connectivity index (χ3v) is 9.27. The molecule has 1 heterocycles. The van der Waals surface area contributed by atoms with Gasteiger partial charge < -0.3 is 29.7 Å². The number of benzene rings is 3. The minimum Gasteiger partial charge on any atom is -0.496 e. The number of nitrogens with two attached hydrogens (primary N) is 1. The summed E-state index contributed by atoms with van der Waals surface area (Å²) in [4.78, 5) is 29.7. The summed E-state index contributed by atoms with van der Waals surface area (Å²) in [6.45, 7) is 4.39. The van der Waals surface area contributed by atoms with Gasteiger partial charge in [0, 0.05) is 35.9 Å². The van der Waals surface area contributed by atoms with Crippen molar-refractivity contribution < 1.29 is 32.2 Å². The molecule has 0 saturated heterocycles. The van der Waals surface area contributed by atoms with Crippen LogP contribution in [0.5, 0.6) is 17.2 Å². The Morgan fingerprint density at radius 1 is 0.978 bits per heavy atom. The summed E-state index contributed by atoms with van der Waals surface area (Å²) >= 11 is 0. The lowest BCUT2D eigenvalue weighted by Crippen LogP contribution is -2.42. The van der Waals surface area contributed by atoms with Gasteiger partial charge in [0.25, 0.3) is 0 Å². The largest absolute Gasteiger partial charge is 0.496 e. The molecule has 1 aliphatic heterocycles. The first-order valence-corrected chi connectivity index (χ1v) is 16.5. The SMILES string of the molecule is COc1cc(OC)c(C2C3=C(CC(C)(C)CC3=O)Nc3ccccc3N2CC(=O)NCCc2ccc(S(N)(=O)=O)cc2)cc1OC. The second-order valence-corrected chi connectivity index (χ2v) is 13.8. The predicted molar refractivity (Wildman–Crippen MR) is 176 cm³/mol. The average Bonchev–Trinajstić information content (AvgIpc) is 3.13. The molecule has 0 saturated carbocycles. The van der Waals surface area contributed by atoms with Gasteiger partial charge >= 0.3 is 0 Å². The number of hydrogen-bond acceptors (Lipinski definition) is 9. The van der Waals surface area contributed by atoms with Crippen LogP contribution in [0, 0.1) is 5.41 Å². The maximum absolute atomic E-state index is 14.1. The van der Waals surface area contributed by atoms with Crippen LogP contribution in [0.25, 0.3) is 0 Å². The number of nitrogens with one attached hydrogen (secondary N) is 2. The zero-order valence-electron chi connectivity index (χ0n) is 26.7. The molecule has 2 aliphatic rings. The monoisotopic (exact) mass is 648 g/mol. The molecular formula is C34H40N4O7S. The number of para-hydroxylation sites is 2. The number of Topliss-reactive ketones (excluding diaryl/α,β-unsaturated/α-hetero) is 1. The minimum absolute atomic E-state index is 0.0123. The lowest BCUT2D eigenvalue weighted by Gasteiger charge is -2.38. The van der Waals surface area contributed by atoms with E-state index >= 15 is 0 Å². The van der Waals surface area contributed by atoms with Crippen molar-refractivity contribution in [3.05, 3.63) is 83.1 Å². The summed E-state index contributed by atoms with van der Waals surface area (Å²) < 4.78 is 40.3. The van der Waals surface area contributed by atoms with Crippen LogP contribution >= 0.6 is 0 Å². The van der Waals surface area contributed by atoms with Crippen LogP contribution in [0.2, 0.25) is 0 Å². The molecule has 11 nitrogen and oxygen atoms in total. The van der Waals surface area contributed by atoms with Gasteiger partial charge in [0.05, 0.1) is 50.2 Å². The molecule has 0 bridgehead atoms. The van der Waals surface area contributed by atoms with E-state index in [9.17, 15) is 18.0 Å². The Morgan fingerprint density at radius 3 is 2.28 bits per heavy atom. The van der Waals surface area contributed by atoms with E-state index in [0.29, 0.717) is 54.2 Å². The third kappa shape index (κ3) is 6.82. The Labute approximate surface area is 269 Å². The fourth-order valence-corrected chi connectivity index (χ4v) is 6.74. The third-order valence-electron chi connectivity index (χ3n) is 8.34. The molecule has 46 heavy (non-hydrogen) atoms. The molecule has 4 N–H and O–H groups in total. The molecule has 12 heteroatoms. The molecule has 3 aromatic carbocycles. The van der Waals surface area contributed by atoms with Gasteiger partial charge in [-0.25, -0.2) is 13.6 Å². The number of carbonyl (C=O) groups excluding carboxylic acids is 2. The first-order chi connectivity index (χ1) is 21.8. The van der Waals surface area contributed by atoms with Crippen molar-refractivity contribution in [2.45, 2.75) is 44.0 Å². The zero-order valence-corrected chi connectivity index (χ0v) is 27.5. The second kappa shape index (κ2) is 13.1. The van der Waals surface area contributed by atoms with E-state index in [1.807, 2.05) is 35.2 Å². The Bertz CT molecular complexity index is 1790. The van der Waals surface area contributed by atoms with Crippen molar-refractivity contribution in [1.82, 2.24) is 5.32 Å². The molecular weight excluding hydrogens is 608 g/mol. The number of fused-ring (bicyclic) bond motifs is 1. The highest BCUT2D eigenvalue weighted by Gasteiger charge is 2.43. The van der Waals surface area contributed by atoms with Gasteiger partial charge in [-0.2, -0.15) is 0 Å². The number of methoxy groups -OCH3 is 3. The average molecular weight is 649 g/mol. The fraction of sp³-hybridized carbons (Fsp3) is 0.353. The Balaban J connectivity index is 1.54. The van der Waals surface area contributed by atoms with E-state index < -0.39 is 16.1 Å². The first-order valence-electron chi connectivity index (χ1n) is 14.9. The number of primary sulfonamides is 1. The summed E-state index contributed by atoms with van der Waals surface area (Å²) in [5, 5.41) is 11.8. The molecule has 0 fully saturated rings. The van der Waals surface area contributed by atoms with E-state index in [1.165, 1.54) is 12.1 Å². The van der Waals surface area contributed by atoms with Crippen molar-refractivity contribution in [1.29, 1.82) is 0 Å². The zero-order chi connectivity index (χ0) is 33.2. The van der Waals surface area contributed by atoms with Crippen LogP contribution in [-0.4, -0.2) is 54.5 Å². The number of nitrogens with zero attached hydrogens (tertiary/aromatic N) is 1. The molecule has 5 rings (SSSR count). The second-order valence-electron chi connectivity index (χ2n) is 12.2. The Hall–Kier alpha value is -4.55. The van der Waals surface area contributed by atoms with Crippen molar-refractivity contribution in [3.63, 3.8) is 0 Å². The normalized spacial score (nSPS) is 17.3. The molecule has 0 radical (unpaired) electrons. The van der Waals surface area contributed by atoms with Crippen LogP contribution < -0.4 is 34.9 Å². The van der Waals surface area contributed by atoms with Crippen LogP contribution in [0.15, 0.2) is 76.8 Å². The number of carbonyl (C=O) groups is 2. The van der Waals surface area contributed by atoms with Gasteiger partial charge in [-0.15, -0.1) is 0 Å². The molecule has 3 aromatic rings. The van der Waals surface area contributed by atoms with Crippen molar-refractivity contribution in [2.75, 3.05) is 44.6 Å². The smallest absolute Gasteiger partial charge is 0.239 e. The molecule has 1 atom stereocenters. The highest BCUT2D eigenvalue weighted by molar-refractivity contribution is 7.89. The summed E-state index contributed by atoms with van der Waals surface area (Å²) in [7, 11) is 0.856. The molecule has 0 spiro atoms. The summed E-state index contributed by atoms with van der Waals surface area (Å²) in [6.07, 6.45) is 1.46. The van der Waals surface area contributed by atoms with E-state index in [1.54, 1.807) is 39.5 Å². The van der Waals surface area contributed by atoms with E-state index in [-0.39, 0.29) is 28.5 Å². The molecule has 0 aromatic heterocycles. The Morgan fingerprint density at radius 2 is 1.63 bits per heavy atom. The maximum atomic E-state index is 14.1. The number of ether oxygens (including phenoxy) is 3. The highest BCUT2D eigenvalue weighted by atomic mass is 32.2. The number of sulfonamides is 1.